The first-order valence-corrected chi connectivity index (χ1v) is 5.86. The van der Waals surface area contributed by atoms with E-state index in [-0.39, 0.29) is 5.82 Å². The number of carboxylic acid groups (broad SMARTS) is 1. The van der Waals surface area contributed by atoms with Crippen LogP contribution in [0.25, 0.3) is 0 Å². The summed E-state index contributed by atoms with van der Waals surface area (Å²) in [5.41, 5.74) is 0.450. The van der Waals surface area contributed by atoms with E-state index < -0.39 is 12.0 Å². The molecule has 0 saturated carbocycles. The third-order valence-electron chi connectivity index (χ3n) is 3.03. The van der Waals surface area contributed by atoms with Crippen LogP contribution >= 0.6 is 11.6 Å². The zero-order valence-electron chi connectivity index (χ0n) is 9.20. The average molecular weight is 258 g/mol. The Morgan fingerprint density at radius 1 is 1.59 bits per heavy atom. The Morgan fingerprint density at radius 3 is 3.06 bits per heavy atom. The third-order valence-corrected chi connectivity index (χ3v) is 3.27. The highest BCUT2D eigenvalue weighted by Crippen LogP contribution is 2.23. The maximum absolute atomic E-state index is 13.5. The van der Waals surface area contributed by atoms with E-state index >= 15 is 0 Å². The fraction of sp³-hybridized carbons (Fsp3) is 0.417. The molecule has 1 aliphatic rings. The molecule has 92 valence electrons. The van der Waals surface area contributed by atoms with Gasteiger partial charge in [-0.25, -0.2) is 4.39 Å². The lowest BCUT2D eigenvalue weighted by Gasteiger charge is -2.21. The smallest absolute Gasteiger partial charge is 0.320 e. The molecule has 0 aromatic heterocycles. The van der Waals surface area contributed by atoms with E-state index in [1.165, 1.54) is 12.1 Å². The Balaban J connectivity index is 2.15. The number of nitrogens with zero attached hydrogens (tertiary/aromatic N) is 1. The average Bonchev–Trinajstić information content (AvgIpc) is 2.71. The molecule has 3 nitrogen and oxygen atoms in total. The molecule has 1 aromatic rings. The van der Waals surface area contributed by atoms with Crippen LogP contribution < -0.4 is 0 Å². The van der Waals surface area contributed by atoms with Crippen molar-refractivity contribution in [2.75, 3.05) is 6.54 Å². The van der Waals surface area contributed by atoms with Gasteiger partial charge in [-0.05, 0) is 37.6 Å². The Bertz CT molecular complexity index is 439. The summed E-state index contributed by atoms with van der Waals surface area (Å²) in [5, 5.41) is 9.49. The number of carbonyl (C=O) groups is 1. The van der Waals surface area contributed by atoms with Gasteiger partial charge in [-0.3, -0.25) is 9.69 Å². The largest absolute Gasteiger partial charge is 0.480 e. The van der Waals surface area contributed by atoms with E-state index in [1.54, 1.807) is 11.0 Å². The molecule has 1 atom stereocenters. The van der Waals surface area contributed by atoms with Gasteiger partial charge in [0.1, 0.15) is 11.9 Å². The van der Waals surface area contributed by atoms with Gasteiger partial charge in [-0.2, -0.15) is 0 Å². The summed E-state index contributed by atoms with van der Waals surface area (Å²) in [4.78, 5) is 12.8. The van der Waals surface area contributed by atoms with Gasteiger partial charge in [0.15, 0.2) is 0 Å². The minimum Gasteiger partial charge on any atom is -0.480 e. The zero-order chi connectivity index (χ0) is 12.4. The lowest BCUT2D eigenvalue weighted by Crippen LogP contribution is -2.35. The Morgan fingerprint density at radius 2 is 2.35 bits per heavy atom. The summed E-state index contributed by atoms with van der Waals surface area (Å²) in [6.45, 7) is 0.978. The monoisotopic (exact) mass is 257 g/mol. The molecule has 1 aliphatic heterocycles. The summed E-state index contributed by atoms with van der Waals surface area (Å²) in [6.07, 6.45) is 1.46. The molecule has 1 saturated heterocycles. The van der Waals surface area contributed by atoms with Crippen LogP contribution in [0.3, 0.4) is 0 Å². The van der Waals surface area contributed by atoms with Gasteiger partial charge in [0.25, 0.3) is 0 Å². The number of likely N-dealkylation sites (tertiary alicyclic amines) is 1. The predicted molar refractivity (Wildman–Crippen MR) is 62.5 cm³/mol. The highest BCUT2D eigenvalue weighted by Gasteiger charge is 2.30. The zero-order valence-corrected chi connectivity index (χ0v) is 9.95. The summed E-state index contributed by atoms with van der Waals surface area (Å²) < 4.78 is 13.5. The molecule has 1 N–H and O–H groups in total. The molecular weight excluding hydrogens is 245 g/mol. The molecule has 1 unspecified atom stereocenters. The van der Waals surface area contributed by atoms with Gasteiger partial charge in [0.2, 0.25) is 0 Å². The van der Waals surface area contributed by atoms with Crippen LogP contribution in [0.1, 0.15) is 18.4 Å². The second-order valence-corrected chi connectivity index (χ2v) is 4.64. The first-order valence-electron chi connectivity index (χ1n) is 5.48. The summed E-state index contributed by atoms with van der Waals surface area (Å²) in [5.74, 6) is -1.18. The Kier molecular flexibility index (Phi) is 3.64. The molecule has 0 amide bonds. The van der Waals surface area contributed by atoms with E-state index in [4.69, 9.17) is 16.7 Å². The fourth-order valence-corrected chi connectivity index (χ4v) is 2.37. The lowest BCUT2D eigenvalue weighted by molar-refractivity contribution is -0.142. The van der Waals surface area contributed by atoms with Crippen molar-refractivity contribution in [1.29, 1.82) is 0 Å². The van der Waals surface area contributed by atoms with Crippen LogP contribution in [-0.4, -0.2) is 28.6 Å². The van der Waals surface area contributed by atoms with Crippen molar-refractivity contribution in [2.45, 2.75) is 25.4 Å². The molecule has 1 fully saturated rings. The third kappa shape index (κ3) is 2.76. The van der Waals surface area contributed by atoms with Crippen molar-refractivity contribution < 1.29 is 14.3 Å². The number of hydrogen-bond acceptors (Lipinski definition) is 2. The highest BCUT2D eigenvalue weighted by atomic mass is 35.5. The van der Waals surface area contributed by atoms with Gasteiger partial charge in [-0.1, -0.05) is 11.6 Å². The number of rotatable bonds is 3. The number of hydrogen-bond donors (Lipinski definition) is 1. The lowest BCUT2D eigenvalue weighted by atomic mass is 10.1. The van der Waals surface area contributed by atoms with E-state index in [0.717, 1.165) is 6.42 Å². The molecule has 0 spiro atoms. The van der Waals surface area contributed by atoms with Gasteiger partial charge < -0.3 is 5.11 Å². The van der Waals surface area contributed by atoms with Crippen LogP contribution in [0.5, 0.6) is 0 Å². The SMILES string of the molecule is O=C(O)C1CCCN1Cc1cc(Cl)ccc1F. The van der Waals surface area contributed by atoms with Crippen LogP contribution in [0.4, 0.5) is 4.39 Å². The van der Waals surface area contributed by atoms with Crippen LogP contribution in [0.2, 0.25) is 5.02 Å². The number of halogens is 2. The topological polar surface area (TPSA) is 40.5 Å². The van der Waals surface area contributed by atoms with Gasteiger partial charge >= 0.3 is 5.97 Å². The highest BCUT2D eigenvalue weighted by molar-refractivity contribution is 6.30. The minimum absolute atomic E-state index is 0.295. The molecule has 0 radical (unpaired) electrons. The number of aliphatic carboxylic acids is 1. The van der Waals surface area contributed by atoms with Crippen LogP contribution in [0.15, 0.2) is 18.2 Å². The van der Waals surface area contributed by atoms with E-state index in [1.807, 2.05) is 0 Å². The van der Waals surface area contributed by atoms with E-state index in [0.29, 0.717) is 30.1 Å². The van der Waals surface area contributed by atoms with E-state index in [9.17, 15) is 9.18 Å². The van der Waals surface area contributed by atoms with E-state index in [2.05, 4.69) is 0 Å². The van der Waals surface area contributed by atoms with Gasteiger partial charge in [0, 0.05) is 17.1 Å². The maximum Gasteiger partial charge on any atom is 0.320 e. The van der Waals surface area contributed by atoms with Crippen LogP contribution in [-0.2, 0) is 11.3 Å². The molecule has 5 heteroatoms. The maximum atomic E-state index is 13.5. The minimum atomic E-state index is -0.843. The second kappa shape index (κ2) is 5.02. The fourth-order valence-electron chi connectivity index (χ4n) is 2.18. The molecule has 1 aromatic carbocycles. The molecule has 1 heterocycles. The number of carboxylic acids is 1. The molecule has 2 rings (SSSR count). The summed E-state index contributed by atoms with van der Waals surface area (Å²) in [7, 11) is 0. The van der Waals surface area contributed by atoms with Crippen molar-refractivity contribution in [1.82, 2.24) is 4.90 Å². The van der Waals surface area contributed by atoms with Crippen molar-refractivity contribution in [3.8, 4) is 0 Å². The Hall–Kier alpha value is -1.13. The molecular formula is C12H13ClFNO2. The quantitative estimate of drug-likeness (QED) is 0.905. The van der Waals surface area contributed by atoms with Crippen LogP contribution in [0, 0.1) is 5.82 Å². The van der Waals surface area contributed by atoms with Gasteiger partial charge in [0.05, 0.1) is 0 Å². The predicted octanol–water partition coefficient (Wildman–Crippen LogP) is 2.53. The standard InChI is InChI=1S/C12H13ClFNO2/c13-9-3-4-10(14)8(6-9)7-15-5-1-2-11(15)12(16)17/h3-4,6,11H,1-2,5,7H2,(H,16,17). The summed E-state index contributed by atoms with van der Waals surface area (Å²) in [6, 6.07) is 3.84. The molecule has 17 heavy (non-hydrogen) atoms. The Labute approximate surface area is 104 Å². The van der Waals surface area contributed by atoms with Crippen molar-refractivity contribution >= 4 is 17.6 Å². The summed E-state index contributed by atoms with van der Waals surface area (Å²) >= 11 is 5.80. The molecule has 0 aliphatic carbocycles. The van der Waals surface area contributed by atoms with Crippen molar-refractivity contribution in [2.24, 2.45) is 0 Å². The van der Waals surface area contributed by atoms with Crippen molar-refractivity contribution in [3.63, 3.8) is 0 Å². The first kappa shape index (κ1) is 12.3. The normalized spacial score (nSPS) is 20.7. The van der Waals surface area contributed by atoms with Gasteiger partial charge in [-0.15, -0.1) is 0 Å². The second-order valence-electron chi connectivity index (χ2n) is 4.20. The van der Waals surface area contributed by atoms with Crippen molar-refractivity contribution in [3.05, 3.63) is 34.6 Å². The molecule has 0 bridgehead atoms. The number of benzene rings is 1. The first-order chi connectivity index (χ1) is 8.08.